The third-order valence-electron chi connectivity index (χ3n) is 4.04. The van der Waals surface area contributed by atoms with Gasteiger partial charge in [-0.3, -0.25) is 14.3 Å². The standard InChI is InChI=1S/C16H14F6N4O4/c1-25-12-10(11(27)24-13(25)28)23-14(26(12)6-5-15(17,18)19)29-8-3-2-4-9(7-8)30-16(20,21)22/h2-4,7,14,23H,5-6H2,1H3,(H,24,27,28). The average Bonchev–Trinajstić information content (AvgIpc) is 2.95. The Hall–Kier alpha value is -3.32. The summed E-state index contributed by atoms with van der Waals surface area (Å²) in [5.74, 6) is -0.941. The summed E-state index contributed by atoms with van der Waals surface area (Å²) in [6, 6.07) is 4.32. The SMILES string of the molecule is Cn1c2c(c(=O)[nH]c1=O)NC(Oc1cccc(OC(F)(F)F)c1)N2CCC(F)(F)F. The molecule has 2 aromatic rings. The van der Waals surface area contributed by atoms with Gasteiger partial charge in [-0.2, -0.15) is 13.2 Å². The minimum Gasteiger partial charge on any atom is -0.452 e. The molecule has 14 heteroatoms. The van der Waals surface area contributed by atoms with Gasteiger partial charge in [0.25, 0.3) is 11.9 Å². The van der Waals surface area contributed by atoms with E-state index < -0.39 is 48.9 Å². The number of halogens is 6. The van der Waals surface area contributed by atoms with Crippen LogP contribution in [0.3, 0.4) is 0 Å². The first-order valence-electron chi connectivity index (χ1n) is 8.30. The first-order chi connectivity index (χ1) is 13.8. The molecule has 0 radical (unpaired) electrons. The number of benzene rings is 1. The number of H-pyrrole nitrogens is 1. The molecule has 0 fully saturated rings. The van der Waals surface area contributed by atoms with Crippen LogP contribution in [-0.4, -0.2) is 35.0 Å². The van der Waals surface area contributed by atoms with Gasteiger partial charge in [-0.15, -0.1) is 13.2 Å². The molecule has 0 spiro atoms. The molecular weight excluding hydrogens is 426 g/mol. The molecule has 0 aliphatic carbocycles. The summed E-state index contributed by atoms with van der Waals surface area (Å²) < 4.78 is 85.6. The number of hydrogen-bond acceptors (Lipinski definition) is 6. The summed E-state index contributed by atoms with van der Waals surface area (Å²) in [4.78, 5) is 26.9. The second-order valence-corrected chi connectivity index (χ2v) is 6.21. The first kappa shape index (κ1) is 21.4. The minimum absolute atomic E-state index is 0.152. The van der Waals surface area contributed by atoms with Gasteiger partial charge >= 0.3 is 18.2 Å². The number of fused-ring (bicyclic) bond motifs is 1. The second-order valence-electron chi connectivity index (χ2n) is 6.21. The Morgan fingerprint density at radius 1 is 1.10 bits per heavy atom. The molecule has 0 amide bonds. The Morgan fingerprint density at radius 2 is 1.77 bits per heavy atom. The Morgan fingerprint density at radius 3 is 2.40 bits per heavy atom. The van der Waals surface area contributed by atoms with Crippen LogP contribution in [0.5, 0.6) is 11.5 Å². The molecular formula is C16H14F6N4O4. The monoisotopic (exact) mass is 440 g/mol. The van der Waals surface area contributed by atoms with Crippen LogP contribution in [0.25, 0.3) is 0 Å². The van der Waals surface area contributed by atoms with Crippen molar-refractivity contribution in [2.45, 2.75) is 25.3 Å². The topological polar surface area (TPSA) is 88.6 Å². The lowest BCUT2D eigenvalue weighted by atomic mass is 10.3. The fraction of sp³-hybridized carbons (Fsp3) is 0.375. The molecule has 1 aliphatic rings. The van der Waals surface area contributed by atoms with Crippen LogP contribution in [0, 0.1) is 0 Å². The van der Waals surface area contributed by atoms with Crippen LogP contribution in [0.4, 0.5) is 37.8 Å². The van der Waals surface area contributed by atoms with Crippen molar-refractivity contribution in [3.8, 4) is 11.5 Å². The van der Waals surface area contributed by atoms with E-state index in [4.69, 9.17) is 4.74 Å². The van der Waals surface area contributed by atoms with Gasteiger partial charge in [0.15, 0.2) is 0 Å². The van der Waals surface area contributed by atoms with Crippen molar-refractivity contribution < 1.29 is 35.8 Å². The first-order valence-corrected chi connectivity index (χ1v) is 8.30. The van der Waals surface area contributed by atoms with E-state index in [0.29, 0.717) is 0 Å². The number of nitrogens with one attached hydrogen (secondary N) is 2. The lowest BCUT2D eigenvalue weighted by molar-refractivity contribution is -0.274. The molecule has 0 saturated carbocycles. The highest BCUT2D eigenvalue weighted by Crippen LogP contribution is 2.34. The van der Waals surface area contributed by atoms with Crippen molar-refractivity contribution in [2.75, 3.05) is 16.8 Å². The van der Waals surface area contributed by atoms with Gasteiger partial charge in [-0.05, 0) is 12.1 Å². The Balaban J connectivity index is 1.93. The van der Waals surface area contributed by atoms with Crippen LogP contribution >= 0.6 is 0 Å². The van der Waals surface area contributed by atoms with Gasteiger partial charge in [0, 0.05) is 19.7 Å². The second kappa shape index (κ2) is 7.50. The van der Waals surface area contributed by atoms with Crippen molar-refractivity contribution in [2.24, 2.45) is 7.05 Å². The molecule has 0 bridgehead atoms. The van der Waals surface area contributed by atoms with Crippen LogP contribution in [0.2, 0.25) is 0 Å². The zero-order valence-electron chi connectivity index (χ0n) is 15.1. The van der Waals surface area contributed by atoms with Gasteiger partial charge in [0.1, 0.15) is 23.0 Å². The van der Waals surface area contributed by atoms with Crippen molar-refractivity contribution >= 4 is 11.5 Å². The van der Waals surface area contributed by atoms with E-state index in [2.05, 4.69) is 10.1 Å². The summed E-state index contributed by atoms with van der Waals surface area (Å²) >= 11 is 0. The van der Waals surface area contributed by atoms with Gasteiger partial charge in [-0.1, -0.05) is 6.07 Å². The number of anilines is 2. The average molecular weight is 440 g/mol. The summed E-state index contributed by atoms with van der Waals surface area (Å²) in [5, 5.41) is 2.54. The maximum absolute atomic E-state index is 12.8. The van der Waals surface area contributed by atoms with Crippen LogP contribution < -0.4 is 30.9 Å². The molecule has 1 aliphatic heterocycles. The zero-order chi connectivity index (χ0) is 22.3. The summed E-state index contributed by atoms with van der Waals surface area (Å²) in [6.07, 6.45) is -12.2. The predicted molar refractivity (Wildman–Crippen MR) is 91.5 cm³/mol. The fourth-order valence-corrected chi connectivity index (χ4v) is 2.82. The molecule has 2 N–H and O–H groups in total. The molecule has 30 heavy (non-hydrogen) atoms. The third kappa shape index (κ3) is 4.80. The molecule has 1 atom stereocenters. The number of nitrogens with zero attached hydrogens (tertiary/aromatic N) is 2. The Bertz CT molecular complexity index is 1050. The molecule has 2 heterocycles. The quantitative estimate of drug-likeness (QED) is 0.695. The maximum atomic E-state index is 12.8. The summed E-state index contributed by atoms with van der Waals surface area (Å²) in [6.45, 7) is -0.691. The fourth-order valence-electron chi connectivity index (χ4n) is 2.82. The highest BCUT2D eigenvalue weighted by atomic mass is 19.4. The number of aromatic nitrogens is 2. The Labute approximate surface area is 163 Å². The van der Waals surface area contributed by atoms with Crippen molar-refractivity contribution in [3.63, 3.8) is 0 Å². The van der Waals surface area contributed by atoms with Gasteiger partial charge in [0.05, 0.1) is 6.42 Å². The number of hydrogen-bond donors (Lipinski definition) is 2. The molecule has 1 unspecified atom stereocenters. The maximum Gasteiger partial charge on any atom is 0.573 e. The van der Waals surface area contributed by atoms with Crippen LogP contribution in [0.15, 0.2) is 33.9 Å². The van der Waals surface area contributed by atoms with E-state index in [-0.39, 0.29) is 17.3 Å². The lowest BCUT2D eigenvalue weighted by Crippen LogP contribution is -2.43. The number of aromatic amines is 1. The smallest absolute Gasteiger partial charge is 0.452 e. The molecule has 8 nitrogen and oxygen atoms in total. The van der Waals surface area contributed by atoms with E-state index in [1.165, 1.54) is 19.2 Å². The van der Waals surface area contributed by atoms with E-state index in [1.54, 1.807) is 0 Å². The van der Waals surface area contributed by atoms with Crippen molar-refractivity contribution in [1.82, 2.24) is 9.55 Å². The number of ether oxygens (including phenoxy) is 2. The van der Waals surface area contributed by atoms with Gasteiger partial charge < -0.3 is 19.7 Å². The van der Waals surface area contributed by atoms with E-state index >= 15 is 0 Å². The normalized spacial score (nSPS) is 16.2. The molecule has 3 rings (SSSR count). The number of rotatable bonds is 5. The molecule has 1 aromatic carbocycles. The van der Waals surface area contributed by atoms with Crippen molar-refractivity contribution in [3.05, 3.63) is 45.1 Å². The van der Waals surface area contributed by atoms with E-state index in [0.717, 1.165) is 21.6 Å². The van der Waals surface area contributed by atoms with Gasteiger partial charge in [-0.25, -0.2) is 4.79 Å². The number of alkyl halides is 6. The van der Waals surface area contributed by atoms with Crippen LogP contribution in [-0.2, 0) is 7.05 Å². The molecule has 1 aromatic heterocycles. The third-order valence-corrected chi connectivity index (χ3v) is 4.04. The highest BCUT2D eigenvalue weighted by molar-refractivity contribution is 5.71. The molecule has 164 valence electrons. The highest BCUT2D eigenvalue weighted by Gasteiger charge is 2.38. The minimum atomic E-state index is -4.95. The summed E-state index contributed by atoms with van der Waals surface area (Å²) in [7, 11) is 1.24. The Kier molecular flexibility index (Phi) is 5.34. The van der Waals surface area contributed by atoms with E-state index in [1.807, 2.05) is 4.98 Å². The van der Waals surface area contributed by atoms with E-state index in [9.17, 15) is 35.9 Å². The summed E-state index contributed by atoms with van der Waals surface area (Å²) in [5.41, 5.74) is -1.96. The largest absolute Gasteiger partial charge is 0.573 e. The van der Waals surface area contributed by atoms with Gasteiger partial charge in [0.2, 0.25) is 0 Å². The van der Waals surface area contributed by atoms with Crippen LogP contribution in [0.1, 0.15) is 6.42 Å². The van der Waals surface area contributed by atoms with Crippen molar-refractivity contribution in [1.29, 1.82) is 0 Å². The zero-order valence-corrected chi connectivity index (χ0v) is 15.1. The lowest BCUT2D eigenvalue weighted by Gasteiger charge is -2.28. The molecule has 0 saturated heterocycles. The predicted octanol–water partition coefficient (Wildman–Crippen LogP) is 2.52.